The molecule has 1 N–H and O–H groups in total. The summed E-state index contributed by atoms with van der Waals surface area (Å²) in [4.78, 5) is 25.9. The fourth-order valence-corrected chi connectivity index (χ4v) is 1.72. The fourth-order valence-electron chi connectivity index (χ4n) is 1.72. The highest BCUT2D eigenvalue weighted by atomic mass is 16.5. The molecule has 0 saturated carbocycles. The third-order valence-electron chi connectivity index (χ3n) is 2.52. The van der Waals surface area contributed by atoms with Crippen LogP contribution >= 0.6 is 0 Å². The average Bonchev–Trinajstić information content (AvgIpc) is 2.38. The molecule has 1 aromatic carbocycles. The number of fused-ring (bicyclic) bond motifs is 1. The van der Waals surface area contributed by atoms with Crippen LogP contribution in [0.2, 0.25) is 0 Å². The van der Waals surface area contributed by atoms with Crippen molar-refractivity contribution in [3.05, 3.63) is 45.9 Å². The minimum Gasteiger partial charge on any atom is -0.462 e. The molecule has 0 amide bonds. The van der Waals surface area contributed by atoms with E-state index in [1.54, 1.807) is 25.1 Å². The number of ether oxygens (including phenoxy) is 1. The maximum Gasteiger partial charge on any atom is 0.344 e. The molecule has 5 heteroatoms. The second-order valence-corrected chi connectivity index (χ2v) is 3.63. The summed E-state index contributed by atoms with van der Waals surface area (Å²) in [6.07, 6.45) is 1.47. The molecule has 0 saturated heterocycles. The van der Waals surface area contributed by atoms with E-state index in [0.717, 1.165) is 0 Å². The van der Waals surface area contributed by atoms with Gasteiger partial charge in [0, 0.05) is 17.0 Å². The topological polar surface area (TPSA) is 83.0 Å². The van der Waals surface area contributed by atoms with Crippen LogP contribution < -0.4 is 5.56 Å². The van der Waals surface area contributed by atoms with E-state index in [-0.39, 0.29) is 12.2 Å². The Morgan fingerprint density at radius 2 is 2.28 bits per heavy atom. The van der Waals surface area contributed by atoms with Gasteiger partial charge in [-0.1, -0.05) is 6.07 Å². The molecule has 90 valence electrons. The van der Waals surface area contributed by atoms with E-state index < -0.39 is 11.5 Å². The number of hydrogen-bond acceptors (Lipinski definition) is 4. The van der Waals surface area contributed by atoms with Crippen molar-refractivity contribution in [2.45, 2.75) is 6.92 Å². The molecule has 2 aromatic rings. The molecule has 2 rings (SSSR count). The largest absolute Gasteiger partial charge is 0.462 e. The Bertz CT molecular complexity index is 710. The van der Waals surface area contributed by atoms with E-state index >= 15 is 0 Å². The third-order valence-corrected chi connectivity index (χ3v) is 2.52. The summed E-state index contributed by atoms with van der Waals surface area (Å²) in [6, 6.07) is 6.74. The number of aromatic amines is 1. The van der Waals surface area contributed by atoms with Gasteiger partial charge in [-0.15, -0.1) is 0 Å². The first-order chi connectivity index (χ1) is 8.67. The van der Waals surface area contributed by atoms with Crippen LogP contribution in [0.15, 0.2) is 29.2 Å². The second-order valence-electron chi connectivity index (χ2n) is 3.63. The third kappa shape index (κ3) is 1.96. The van der Waals surface area contributed by atoms with Gasteiger partial charge in [-0.2, -0.15) is 5.26 Å². The van der Waals surface area contributed by atoms with Crippen molar-refractivity contribution in [1.29, 1.82) is 5.26 Å². The quantitative estimate of drug-likeness (QED) is 0.810. The molecule has 0 aliphatic rings. The predicted molar refractivity (Wildman–Crippen MR) is 65.2 cm³/mol. The molecule has 0 aliphatic carbocycles. The van der Waals surface area contributed by atoms with Crippen LogP contribution in [0.3, 0.4) is 0 Å². The number of carbonyl (C=O) groups excluding carboxylic acids is 1. The zero-order chi connectivity index (χ0) is 13.1. The molecule has 1 aromatic heterocycles. The van der Waals surface area contributed by atoms with Crippen molar-refractivity contribution >= 4 is 16.7 Å². The first kappa shape index (κ1) is 11.9. The number of nitriles is 1. The Kier molecular flexibility index (Phi) is 3.11. The van der Waals surface area contributed by atoms with Gasteiger partial charge in [-0.3, -0.25) is 4.79 Å². The normalized spacial score (nSPS) is 10.0. The fraction of sp³-hybridized carbons (Fsp3) is 0.154. The summed E-state index contributed by atoms with van der Waals surface area (Å²) in [6.45, 7) is 1.87. The number of carbonyl (C=O) groups is 1. The van der Waals surface area contributed by atoms with Gasteiger partial charge in [0.25, 0.3) is 5.56 Å². The number of nitrogens with one attached hydrogen (secondary N) is 1. The SMILES string of the molecule is CCOC(=O)c1c(=O)[nH]cc2cc(C#N)ccc12. The smallest absolute Gasteiger partial charge is 0.344 e. The van der Waals surface area contributed by atoms with E-state index in [0.29, 0.717) is 16.3 Å². The van der Waals surface area contributed by atoms with Gasteiger partial charge in [-0.05, 0) is 19.1 Å². The van der Waals surface area contributed by atoms with Gasteiger partial charge in [0.1, 0.15) is 5.56 Å². The Labute approximate surface area is 103 Å². The van der Waals surface area contributed by atoms with Gasteiger partial charge in [-0.25, -0.2) is 4.79 Å². The maximum absolute atomic E-state index is 11.7. The lowest BCUT2D eigenvalue weighted by Gasteiger charge is -2.05. The maximum atomic E-state index is 11.7. The molecule has 0 unspecified atom stereocenters. The van der Waals surface area contributed by atoms with Crippen molar-refractivity contribution < 1.29 is 9.53 Å². The van der Waals surface area contributed by atoms with Gasteiger partial charge in [0.15, 0.2) is 0 Å². The van der Waals surface area contributed by atoms with Crippen LogP contribution in [-0.4, -0.2) is 17.6 Å². The molecule has 0 radical (unpaired) electrons. The molecule has 0 aliphatic heterocycles. The lowest BCUT2D eigenvalue weighted by molar-refractivity contribution is 0.0526. The standard InChI is InChI=1S/C13H10N2O3/c1-2-18-13(17)11-10-4-3-8(6-14)5-9(10)7-15-12(11)16/h3-5,7H,2H2,1H3,(H,15,16). The van der Waals surface area contributed by atoms with Crippen LogP contribution in [0.1, 0.15) is 22.8 Å². The minimum atomic E-state index is -0.658. The number of nitrogens with zero attached hydrogens (tertiary/aromatic N) is 1. The predicted octanol–water partition coefficient (Wildman–Crippen LogP) is 1.58. The van der Waals surface area contributed by atoms with Crippen molar-refractivity contribution in [3.8, 4) is 6.07 Å². The Hall–Kier alpha value is -2.61. The zero-order valence-electron chi connectivity index (χ0n) is 9.69. The van der Waals surface area contributed by atoms with E-state index in [2.05, 4.69) is 4.98 Å². The number of pyridine rings is 1. The molecular formula is C13H10N2O3. The summed E-state index contributed by atoms with van der Waals surface area (Å²) in [5.74, 6) is -0.658. The molecule has 0 bridgehead atoms. The van der Waals surface area contributed by atoms with Gasteiger partial charge < -0.3 is 9.72 Å². The number of hydrogen-bond donors (Lipinski definition) is 1. The van der Waals surface area contributed by atoms with Gasteiger partial charge >= 0.3 is 5.97 Å². The van der Waals surface area contributed by atoms with E-state index in [9.17, 15) is 9.59 Å². The molecule has 0 atom stereocenters. The van der Waals surface area contributed by atoms with E-state index in [4.69, 9.17) is 10.00 Å². The number of rotatable bonds is 2. The lowest BCUT2D eigenvalue weighted by atomic mass is 10.1. The van der Waals surface area contributed by atoms with Crippen molar-refractivity contribution in [3.63, 3.8) is 0 Å². The Morgan fingerprint density at radius 1 is 1.50 bits per heavy atom. The summed E-state index contributed by atoms with van der Waals surface area (Å²) < 4.78 is 4.85. The number of esters is 1. The first-order valence-corrected chi connectivity index (χ1v) is 5.40. The molecule has 0 spiro atoms. The highest BCUT2D eigenvalue weighted by Gasteiger charge is 2.15. The molecule has 1 heterocycles. The van der Waals surface area contributed by atoms with E-state index in [1.807, 2.05) is 6.07 Å². The lowest BCUT2D eigenvalue weighted by Crippen LogP contribution is -2.19. The van der Waals surface area contributed by atoms with Crippen LogP contribution in [0.4, 0.5) is 0 Å². The van der Waals surface area contributed by atoms with Crippen LogP contribution in [0.5, 0.6) is 0 Å². The van der Waals surface area contributed by atoms with Gasteiger partial charge in [0.2, 0.25) is 0 Å². The summed E-state index contributed by atoms with van der Waals surface area (Å²) in [7, 11) is 0. The van der Waals surface area contributed by atoms with Crippen molar-refractivity contribution in [2.75, 3.05) is 6.61 Å². The van der Waals surface area contributed by atoms with Crippen LogP contribution in [0, 0.1) is 11.3 Å². The summed E-state index contributed by atoms with van der Waals surface area (Å²) >= 11 is 0. The Morgan fingerprint density at radius 3 is 2.94 bits per heavy atom. The van der Waals surface area contributed by atoms with Gasteiger partial charge in [0.05, 0.1) is 18.2 Å². The average molecular weight is 242 g/mol. The van der Waals surface area contributed by atoms with E-state index in [1.165, 1.54) is 6.20 Å². The number of aromatic nitrogens is 1. The molecule has 0 fully saturated rings. The molecule has 5 nitrogen and oxygen atoms in total. The van der Waals surface area contributed by atoms with Crippen molar-refractivity contribution in [1.82, 2.24) is 4.98 Å². The highest BCUT2D eigenvalue weighted by molar-refractivity contribution is 6.04. The molecular weight excluding hydrogens is 232 g/mol. The summed E-state index contributed by atoms with van der Waals surface area (Å²) in [5, 5.41) is 9.91. The Balaban J connectivity index is 2.72. The number of H-pyrrole nitrogens is 1. The monoisotopic (exact) mass is 242 g/mol. The zero-order valence-corrected chi connectivity index (χ0v) is 9.69. The second kappa shape index (κ2) is 4.72. The summed E-state index contributed by atoms with van der Waals surface area (Å²) in [5.41, 5.74) is -0.0612. The minimum absolute atomic E-state index is 0.0289. The molecule has 18 heavy (non-hydrogen) atoms. The van der Waals surface area contributed by atoms with Crippen LogP contribution in [0.25, 0.3) is 10.8 Å². The van der Waals surface area contributed by atoms with Crippen molar-refractivity contribution in [2.24, 2.45) is 0 Å². The van der Waals surface area contributed by atoms with Crippen LogP contribution in [-0.2, 0) is 4.74 Å². The number of benzene rings is 1. The highest BCUT2D eigenvalue weighted by Crippen LogP contribution is 2.17. The first-order valence-electron chi connectivity index (χ1n) is 5.40.